The van der Waals surface area contributed by atoms with Gasteiger partial charge < -0.3 is 11.1 Å². The second-order valence-corrected chi connectivity index (χ2v) is 6.49. The molecule has 1 aromatic rings. The van der Waals surface area contributed by atoms with Gasteiger partial charge in [-0.15, -0.1) is 0 Å². The molecular weight excluding hydrogens is 290 g/mol. The van der Waals surface area contributed by atoms with Crippen LogP contribution in [0.5, 0.6) is 0 Å². The normalized spacial score (nSPS) is 11.3. The van der Waals surface area contributed by atoms with Crippen LogP contribution in [-0.4, -0.2) is 27.4 Å². The number of carbonyl (C=O) groups is 1. The summed E-state index contributed by atoms with van der Waals surface area (Å²) in [5.74, 6) is -0.104. The Balaban J connectivity index is 2.70. The van der Waals surface area contributed by atoms with Crippen molar-refractivity contribution >= 4 is 21.6 Å². The van der Waals surface area contributed by atoms with Crippen molar-refractivity contribution in [3.8, 4) is 0 Å². The van der Waals surface area contributed by atoms with E-state index in [4.69, 9.17) is 5.73 Å². The summed E-state index contributed by atoms with van der Waals surface area (Å²) in [6.07, 6.45) is 3.33. The van der Waals surface area contributed by atoms with Crippen LogP contribution in [0.2, 0.25) is 0 Å². The first-order valence-electron chi connectivity index (χ1n) is 7.09. The molecule has 0 bridgehead atoms. The fourth-order valence-corrected chi connectivity index (χ4v) is 2.87. The summed E-state index contributed by atoms with van der Waals surface area (Å²) in [6, 6.07) is 6.18. The summed E-state index contributed by atoms with van der Waals surface area (Å²) in [5, 5.41) is 2.71. The maximum absolute atomic E-state index is 12.0. The summed E-state index contributed by atoms with van der Waals surface area (Å²) in [4.78, 5) is 11.8. The zero-order chi connectivity index (χ0) is 15.7. The molecule has 1 amide bonds. The van der Waals surface area contributed by atoms with Gasteiger partial charge in [-0.2, -0.15) is 0 Å². The Hall–Kier alpha value is -1.44. The van der Waals surface area contributed by atoms with Gasteiger partial charge in [0.25, 0.3) is 0 Å². The van der Waals surface area contributed by atoms with Crippen molar-refractivity contribution in [3.63, 3.8) is 0 Å². The lowest BCUT2D eigenvalue weighted by molar-refractivity contribution is -0.116. The highest BCUT2D eigenvalue weighted by atomic mass is 32.2. The first kappa shape index (κ1) is 17.6. The van der Waals surface area contributed by atoms with Crippen LogP contribution in [0.25, 0.3) is 0 Å². The smallest absolute Gasteiger partial charge is 0.240 e. The fourth-order valence-electron chi connectivity index (χ4n) is 1.78. The minimum Gasteiger partial charge on any atom is -0.329 e. The molecule has 21 heavy (non-hydrogen) atoms. The second-order valence-electron chi connectivity index (χ2n) is 4.72. The molecule has 0 unspecified atom stereocenters. The van der Waals surface area contributed by atoms with Gasteiger partial charge in [0.15, 0.2) is 0 Å². The number of sulfonamides is 1. The van der Waals surface area contributed by atoms with Crippen LogP contribution in [0, 0.1) is 0 Å². The van der Waals surface area contributed by atoms with E-state index in [-0.39, 0.29) is 23.9 Å². The Morgan fingerprint density at radius 3 is 2.71 bits per heavy atom. The highest BCUT2D eigenvalue weighted by molar-refractivity contribution is 7.89. The van der Waals surface area contributed by atoms with Gasteiger partial charge in [-0.25, -0.2) is 13.1 Å². The molecule has 0 atom stereocenters. The maximum atomic E-state index is 12.0. The molecule has 7 heteroatoms. The van der Waals surface area contributed by atoms with Gasteiger partial charge in [0.05, 0.1) is 4.90 Å². The number of amides is 1. The summed E-state index contributed by atoms with van der Waals surface area (Å²) >= 11 is 0. The molecule has 1 rings (SSSR count). The van der Waals surface area contributed by atoms with E-state index in [9.17, 15) is 13.2 Å². The number of hydrogen-bond acceptors (Lipinski definition) is 4. The van der Waals surface area contributed by atoms with Crippen LogP contribution >= 0.6 is 0 Å². The molecule has 0 heterocycles. The standard InChI is InChI=1S/C14H23N3O3S/c1-2-3-4-8-14(18)17-12-6-5-7-13(11-12)21(19,20)16-10-9-15/h5-7,11,16H,2-4,8-10,15H2,1H3,(H,17,18). The third-order valence-electron chi connectivity index (χ3n) is 2.87. The number of rotatable bonds is 9. The molecule has 6 nitrogen and oxygen atoms in total. The molecule has 118 valence electrons. The Morgan fingerprint density at radius 2 is 2.05 bits per heavy atom. The quantitative estimate of drug-likeness (QED) is 0.600. The topological polar surface area (TPSA) is 101 Å². The third kappa shape index (κ3) is 6.24. The molecule has 0 spiro atoms. The van der Waals surface area contributed by atoms with Crippen molar-refractivity contribution < 1.29 is 13.2 Å². The van der Waals surface area contributed by atoms with E-state index in [0.717, 1.165) is 19.3 Å². The Morgan fingerprint density at radius 1 is 1.29 bits per heavy atom. The van der Waals surface area contributed by atoms with E-state index >= 15 is 0 Å². The van der Waals surface area contributed by atoms with Crippen LogP contribution < -0.4 is 15.8 Å². The summed E-state index contributed by atoms with van der Waals surface area (Å²) < 4.78 is 26.3. The lowest BCUT2D eigenvalue weighted by Crippen LogP contribution is -2.29. The molecule has 0 aliphatic carbocycles. The number of anilines is 1. The molecule has 0 aliphatic heterocycles. The lowest BCUT2D eigenvalue weighted by atomic mass is 10.2. The van der Waals surface area contributed by atoms with Crippen molar-refractivity contribution in [1.29, 1.82) is 0 Å². The third-order valence-corrected chi connectivity index (χ3v) is 4.33. The average Bonchev–Trinajstić information content (AvgIpc) is 2.46. The number of unbranched alkanes of at least 4 members (excludes halogenated alkanes) is 2. The van der Waals surface area contributed by atoms with Crippen molar-refractivity contribution in [1.82, 2.24) is 4.72 Å². The second kappa shape index (κ2) is 8.76. The predicted octanol–water partition coefficient (Wildman–Crippen LogP) is 1.44. The molecule has 0 aromatic heterocycles. The average molecular weight is 313 g/mol. The number of carbonyl (C=O) groups excluding carboxylic acids is 1. The predicted molar refractivity (Wildman–Crippen MR) is 83.5 cm³/mol. The molecular formula is C14H23N3O3S. The van der Waals surface area contributed by atoms with Gasteiger partial charge in [-0.3, -0.25) is 4.79 Å². The van der Waals surface area contributed by atoms with Gasteiger partial charge in [0.1, 0.15) is 0 Å². The SMILES string of the molecule is CCCCCC(=O)Nc1cccc(S(=O)(=O)NCCN)c1. The zero-order valence-corrected chi connectivity index (χ0v) is 13.1. The number of nitrogens with two attached hydrogens (primary N) is 1. The monoisotopic (exact) mass is 313 g/mol. The lowest BCUT2D eigenvalue weighted by Gasteiger charge is -2.09. The van der Waals surface area contributed by atoms with E-state index in [1.165, 1.54) is 12.1 Å². The minimum atomic E-state index is -3.58. The van der Waals surface area contributed by atoms with E-state index in [1.807, 2.05) is 0 Å². The van der Waals surface area contributed by atoms with Crippen molar-refractivity contribution in [2.75, 3.05) is 18.4 Å². The molecule has 1 aromatic carbocycles. The summed E-state index contributed by atoms with van der Waals surface area (Å²) in [7, 11) is -3.58. The molecule has 0 saturated carbocycles. The van der Waals surface area contributed by atoms with Gasteiger partial charge in [0, 0.05) is 25.2 Å². The largest absolute Gasteiger partial charge is 0.329 e. The Kier molecular flexibility index (Phi) is 7.35. The summed E-state index contributed by atoms with van der Waals surface area (Å²) in [6.45, 7) is 2.48. The van der Waals surface area contributed by atoms with E-state index < -0.39 is 10.0 Å². The number of nitrogens with one attached hydrogen (secondary N) is 2. The van der Waals surface area contributed by atoms with Gasteiger partial charge >= 0.3 is 0 Å². The fraction of sp³-hybridized carbons (Fsp3) is 0.500. The van der Waals surface area contributed by atoms with Crippen LogP contribution in [-0.2, 0) is 14.8 Å². The Labute approximate surface area is 126 Å². The van der Waals surface area contributed by atoms with E-state index in [0.29, 0.717) is 12.1 Å². The highest BCUT2D eigenvalue weighted by Crippen LogP contribution is 2.15. The maximum Gasteiger partial charge on any atom is 0.240 e. The van der Waals surface area contributed by atoms with Crippen molar-refractivity contribution in [2.45, 2.75) is 37.5 Å². The minimum absolute atomic E-state index is 0.104. The molecule has 4 N–H and O–H groups in total. The first-order chi connectivity index (χ1) is 9.99. The van der Waals surface area contributed by atoms with Crippen LogP contribution in [0.4, 0.5) is 5.69 Å². The zero-order valence-electron chi connectivity index (χ0n) is 12.3. The summed E-state index contributed by atoms with van der Waals surface area (Å²) in [5.41, 5.74) is 5.76. The van der Waals surface area contributed by atoms with Crippen LogP contribution in [0.15, 0.2) is 29.2 Å². The Bertz CT molecular complexity index is 558. The van der Waals surface area contributed by atoms with Crippen LogP contribution in [0.1, 0.15) is 32.6 Å². The molecule has 0 aliphatic rings. The van der Waals surface area contributed by atoms with Crippen molar-refractivity contribution in [2.24, 2.45) is 5.73 Å². The van der Waals surface area contributed by atoms with Gasteiger partial charge in [-0.05, 0) is 24.6 Å². The van der Waals surface area contributed by atoms with E-state index in [1.54, 1.807) is 12.1 Å². The first-order valence-corrected chi connectivity index (χ1v) is 8.57. The van der Waals surface area contributed by atoms with Crippen LogP contribution in [0.3, 0.4) is 0 Å². The molecule has 0 fully saturated rings. The van der Waals surface area contributed by atoms with Gasteiger partial charge in [-0.1, -0.05) is 25.8 Å². The van der Waals surface area contributed by atoms with Crippen molar-refractivity contribution in [3.05, 3.63) is 24.3 Å². The highest BCUT2D eigenvalue weighted by Gasteiger charge is 2.13. The van der Waals surface area contributed by atoms with Gasteiger partial charge in [0.2, 0.25) is 15.9 Å². The van der Waals surface area contributed by atoms with E-state index in [2.05, 4.69) is 17.0 Å². The number of hydrogen-bond donors (Lipinski definition) is 3. The molecule has 0 saturated heterocycles. The number of benzene rings is 1. The molecule has 0 radical (unpaired) electrons.